The number of hydrogen-bond acceptors (Lipinski definition) is 7. The highest BCUT2D eigenvalue weighted by molar-refractivity contribution is 7.98. The van der Waals surface area contributed by atoms with Gasteiger partial charge in [0.1, 0.15) is 6.61 Å². The SMILES string of the molecule is CC(C)CCON=O.COc1c(SC)cc(C(C)(C)C)cc1[N+](=O)[O-]. The molecule has 142 valence electrons. The van der Waals surface area contributed by atoms with Crippen molar-refractivity contribution in [2.75, 3.05) is 20.0 Å². The predicted octanol–water partition coefficient (Wildman–Crippen LogP) is 5.35. The van der Waals surface area contributed by atoms with Gasteiger partial charge in [0.05, 0.1) is 16.9 Å². The molecule has 0 saturated carbocycles. The van der Waals surface area contributed by atoms with Crippen LogP contribution in [0.1, 0.15) is 46.6 Å². The molecule has 0 fully saturated rings. The van der Waals surface area contributed by atoms with Gasteiger partial charge in [0.2, 0.25) is 5.75 Å². The molecule has 0 aliphatic rings. The van der Waals surface area contributed by atoms with Gasteiger partial charge in [0.15, 0.2) is 5.34 Å². The molecule has 8 heteroatoms. The smallest absolute Gasteiger partial charge is 0.312 e. The molecule has 0 aromatic heterocycles. The summed E-state index contributed by atoms with van der Waals surface area (Å²) in [6.07, 6.45) is 2.78. The lowest BCUT2D eigenvalue weighted by atomic mass is 9.87. The number of nitro groups is 1. The van der Waals surface area contributed by atoms with Gasteiger partial charge in [0.25, 0.3) is 0 Å². The molecule has 0 heterocycles. The van der Waals surface area contributed by atoms with Crippen LogP contribution in [0.3, 0.4) is 0 Å². The third kappa shape index (κ3) is 8.20. The zero-order valence-electron chi connectivity index (χ0n) is 16.0. The minimum atomic E-state index is -0.395. The van der Waals surface area contributed by atoms with Gasteiger partial charge in [-0.1, -0.05) is 34.6 Å². The van der Waals surface area contributed by atoms with Gasteiger partial charge < -0.3 is 9.57 Å². The molecule has 0 radical (unpaired) electrons. The van der Waals surface area contributed by atoms with E-state index in [1.807, 2.05) is 33.1 Å². The monoisotopic (exact) mass is 372 g/mol. The standard InChI is InChI=1S/C12H17NO3S.C5H11NO2/c1-12(2,3)8-6-9(13(14)15)11(16-4)10(7-8)17-5;1-5(2)3-4-8-6-7/h6-7H,1-5H3;5H,3-4H2,1-2H3. The molecule has 25 heavy (non-hydrogen) atoms. The highest BCUT2D eigenvalue weighted by Gasteiger charge is 2.24. The van der Waals surface area contributed by atoms with E-state index in [0.717, 1.165) is 16.9 Å². The second-order valence-corrected chi connectivity index (χ2v) is 7.68. The summed E-state index contributed by atoms with van der Waals surface area (Å²) in [6, 6.07) is 3.55. The summed E-state index contributed by atoms with van der Waals surface area (Å²) in [4.78, 5) is 25.0. The van der Waals surface area contributed by atoms with Crippen molar-refractivity contribution in [2.24, 2.45) is 11.3 Å². The maximum Gasteiger partial charge on any atom is 0.312 e. The van der Waals surface area contributed by atoms with E-state index in [1.165, 1.54) is 18.9 Å². The van der Waals surface area contributed by atoms with Crippen molar-refractivity contribution in [2.45, 2.75) is 51.3 Å². The van der Waals surface area contributed by atoms with E-state index in [9.17, 15) is 15.0 Å². The quantitative estimate of drug-likeness (QED) is 0.210. The zero-order valence-corrected chi connectivity index (χ0v) is 16.8. The summed E-state index contributed by atoms with van der Waals surface area (Å²) in [7, 11) is 1.46. The molecule has 0 unspecified atom stereocenters. The zero-order chi connectivity index (χ0) is 19.6. The maximum absolute atomic E-state index is 11.0. The Bertz CT molecular complexity index is 571. The summed E-state index contributed by atoms with van der Waals surface area (Å²) in [5.41, 5.74) is 0.847. The van der Waals surface area contributed by atoms with Crippen LogP contribution in [0, 0.1) is 20.9 Å². The Balaban J connectivity index is 0.000000609. The Labute approximate surface area is 153 Å². The Morgan fingerprint density at radius 2 is 1.92 bits per heavy atom. The molecule has 0 aliphatic heterocycles. The van der Waals surface area contributed by atoms with Crippen molar-refractivity contribution in [3.8, 4) is 5.75 Å². The van der Waals surface area contributed by atoms with E-state index in [4.69, 9.17) is 4.74 Å². The second-order valence-electron chi connectivity index (χ2n) is 6.83. The largest absolute Gasteiger partial charge is 0.489 e. The van der Waals surface area contributed by atoms with Crippen LogP contribution in [0.15, 0.2) is 22.4 Å². The highest BCUT2D eigenvalue weighted by atomic mass is 32.2. The molecule has 1 rings (SSSR count). The third-order valence-corrected chi connectivity index (χ3v) is 4.10. The molecular formula is C17H28N2O5S. The molecule has 7 nitrogen and oxygen atoms in total. The predicted molar refractivity (Wildman–Crippen MR) is 101 cm³/mol. The summed E-state index contributed by atoms with van der Waals surface area (Å²) in [6.45, 7) is 10.7. The summed E-state index contributed by atoms with van der Waals surface area (Å²) in [5.74, 6) is 0.923. The van der Waals surface area contributed by atoms with Gasteiger partial charge in [0, 0.05) is 6.07 Å². The van der Waals surface area contributed by atoms with Crippen LogP contribution in [0.2, 0.25) is 0 Å². The number of hydrogen-bond donors (Lipinski definition) is 0. The fourth-order valence-electron chi connectivity index (χ4n) is 1.84. The van der Waals surface area contributed by atoms with Crippen LogP contribution >= 0.6 is 11.8 Å². The lowest BCUT2D eigenvalue weighted by Gasteiger charge is -2.20. The van der Waals surface area contributed by atoms with Crippen LogP contribution in [0.4, 0.5) is 5.69 Å². The van der Waals surface area contributed by atoms with Gasteiger partial charge in [-0.15, -0.1) is 16.7 Å². The van der Waals surface area contributed by atoms with Gasteiger partial charge in [-0.2, -0.15) is 0 Å². The molecule has 1 aromatic rings. The highest BCUT2D eigenvalue weighted by Crippen LogP contribution is 2.40. The van der Waals surface area contributed by atoms with Crippen LogP contribution in [-0.4, -0.2) is 24.9 Å². The third-order valence-electron chi connectivity index (χ3n) is 3.36. The molecule has 1 aromatic carbocycles. The van der Waals surface area contributed by atoms with Crippen molar-refractivity contribution in [3.63, 3.8) is 0 Å². The van der Waals surface area contributed by atoms with Crippen LogP contribution < -0.4 is 4.74 Å². The molecule has 0 bridgehead atoms. The van der Waals surface area contributed by atoms with Crippen molar-refractivity contribution < 1.29 is 14.5 Å². The fourth-order valence-corrected chi connectivity index (χ4v) is 2.46. The molecule has 0 saturated heterocycles. The molecule has 0 spiro atoms. The van der Waals surface area contributed by atoms with Crippen LogP contribution in [-0.2, 0) is 10.3 Å². The van der Waals surface area contributed by atoms with Gasteiger partial charge in [-0.3, -0.25) is 10.1 Å². The van der Waals surface area contributed by atoms with Gasteiger partial charge >= 0.3 is 5.69 Å². The van der Waals surface area contributed by atoms with Gasteiger partial charge in [-0.05, 0) is 35.6 Å². The van der Waals surface area contributed by atoms with E-state index in [1.54, 1.807) is 6.07 Å². The summed E-state index contributed by atoms with van der Waals surface area (Å²) < 4.78 is 5.13. The first-order valence-electron chi connectivity index (χ1n) is 7.93. The molecule has 0 amide bonds. The maximum atomic E-state index is 11.0. The summed E-state index contributed by atoms with van der Waals surface area (Å²) in [5, 5.41) is 13.3. The van der Waals surface area contributed by atoms with Gasteiger partial charge in [-0.25, -0.2) is 0 Å². The number of benzene rings is 1. The van der Waals surface area contributed by atoms with E-state index < -0.39 is 4.92 Å². The van der Waals surface area contributed by atoms with E-state index in [0.29, 0.717) is 18.3 Å². The van der Waals surface area contributed by atoms with E-state index in [2.05, 4.69) is 24.0 Å². The Hall–Kier alpha value is -1.83. The number of rotatable bonds is 7. The molecular weight excluding hydrogens is 344 g/mol. The minimum Gasteiger partial charge on any atom is -0.489 e. The Morgan fingerprint density at radius 1 is 1.32 bits per heavy atom. The fraction of sp³-hybridized carbons (Fsp3) is 0.647. The van der Waals surface area contributed by atoms with Crippen molar-refractivity contribution in [1.29, 1.82) is 0 Å². The van der Waals surface area contributed by atoms with E-state index in [-0.39, 0.29) is 11.1 Å². The first kappa shape index (κ1) is 23.2. The molecule has 0 N–H and O–H groups in total. The van der Waals surface area contributed by atoms with Crippen molar-refractivity contribution in [1.82, 2.24) is 0 Å². The average Bonchev–Trinajstić information content (AvgIpc) is 2.53. The summed E-state index contributed by atoms with van der Waals surface area (Å²) >= 11 is 1.45. The van der Waals surface area contributed by atoms with E-state index >= 15 is 0 Å². The Morgan fingerprint density at radius 3 is 2.28 bits per heavy atom. The first-order valence-corrected chi connectivity index (χ1v) is 9.16. The number of ether oxygens (including phenoxy) is 1. The van der Waals surface area contributed by atoms with Crippen LogP contribution in [0.5, 0.6) is 5.75 Å². The average molecular weight is 372 g/mol. The number of nitro benzene ring substituents is 1. The number of methoxy groups -OCH3 is 1. The van der Waals surface area contributed by atoms with Crippen LogP contribution in [0.25, 0.3) is 0 Å². The lowest BCUT2D eigenvalue weighted by molar-refractivity contribution is -0.386. The Kier molecular flexibility index (Phi) is 10.1. The topological polar surface area (TPSA) is 91.0 Å². The molecule has 0 aliphatic carbocycles. The number of thioether (sulfide) groups is 1. The molecule has 0 atom stereocenters. The second kappa shape index (κ2) is 10.9. The number of nitrogens with zero attached hydrogens (tertiary/aromatic N) is 2. The lowest BCUT2D eigenvalue weighted by Crippen LogP contribution is -2.12. The normalized spacial score (nSPS) is 10.7. The minimum absolute atomic E-state index is 0.0317. The first-order chi connectivity index (χ1) is 11.6. The van der Waals surface area contributed by atoms with Crippen molar-refractivity contribution >= 4 is 17.4 Å². The van der Waals surface area contributed by atoms with Crippen molar-refractivity contribution in [3.05, 3.63) is 32.7 Å².